The number of hydrogen-bond acceptors (Lipinski definition) is 4. The Morgan fingerprint density at radius 3 is 2.56 bits per heavy atom. The quantitative estimate of drug-likeness (QED) is 0.804. The zero-order chi connectivity index (χ0) is 12.1. The van der Waals surface area contributed by atoms with Crippen LogP contribution in [-0.2, 0) is 4.74 Å². The molecule has 0 bridgehead atoms. The van der Waals surface area contributed by atoms with Gasteiger partial charge in [0, 0.05) is 6.61 Å². The number of phenolic OH excluding ortho intramolecular Hbond substituents is 1. The summed E-state index contributed by atoms with van der Waals surface area (Å²) in [5.41, 5.74) is 0.784. The molecule has 2 atom stereocenters. The van der Waals surface area contributed by atoms with Gasteiger partial charge in [0.15, 0.2) is 11.5 Å². The smallest absolute Gasteiger partial charge is 0.160 e. The number of methoxy groups -OCH3 is 1. The number of aliphatic hydroxyl groups excluding tert-OH is 1. The van der Waals surface area contributed by atoms with Crippen molar-refractivity contribution < 1.29 is 19.7 Å². The van der Waals surface area contributed by atoms with Gasteiger partial charge in [0.2, 0.25) is 0 Å². The molecule has 1 rings (SSSR count). The summed E-state index contributed by atoms with van der Waals surface area (Å²) in [5.74, 6) is 0.454. The molecule has 16 heavy (non-hydrogen) atoms. The molecule has 4 heteroatoms. The number of phenols is 1. The largest absolute Gasteiger partial charge is 0.504 e. The topological polar surface area (TPSA) is 58.9 Å². The molecule has 4 nitrogen and oxygen atoms in total. The van der Waals surface area contributed by atoms with Crippen molar-refractivity contribution in [3.05, 3.63) is 23.8 Å². The second-order valence-electron chi connectivity index (χ2n) is 3.55. The fraction of sp³-hybridized carbons (Fsp3) is 0.500. The van der Waals surface area contributed by atoms with Crippen LogP contribution in [0.4, 0.5) is 0 Å². The van der Waals surface area contributed by atoms with E-state index in [-0.39, 0.29) is 5.75 Å². The molecule has 0 unspecified atom stereocenters. The van der Waals surface area contributed by atoms with Crippen molar-refractivity contribution in [2.75, 3.05) is 13.7 Å². The molecular formula is C12H18O4. The Bertz CT molecular complexity index is 336. The van der Waals surface area contributed by atoms with E-state index in [1.807, 2.05) is 6.92 Å². The molecule has 0 spiro atoms. The second-order valence-corrected chi connectivity index (χ2v) is 3.55. The summed E-state index contributed by atoms with van der Waals surface area (Å²) >= 11 is 0. The van der Waals surface area contributed by atoms with Crippen molar-refractivity contribution in [3.8, 4) is 11.5 Å². The van der Waals surface area contributed by atoms with Gasteiger partial charge in [-0.15, -0.1) is 0 Å². The molecule has 0 saturated heterocycles. The number of rotatable bonds is 5. The molecule has 1 aromatic rings. The number of benzene rings is 1. The van der Waals surface area contributed by atoms with E-state index in [9.17, 15) is 10.2 Å². The summed E-state index contributed by atoms with van der Waals surface area (Å²) in [4.78, 5) is 0. The van der Waals surface area contributed by atoms with Gasteiger partial charge in [-0.1, -0.05) is 6.07 Å². The van der Waals surface area contributed by atoms with Crippen molar-refractivity contribution in [2.45, 2.75) is 26.1 Å². The van der Waals surface area contributed by atoms with E-state index >= 15 is 0 Å². The van der Waals surface area contributed by atoms with Crippen LogP contribution in [0.15, 0.2) is 18.2 Å². The SMILES string of the molecule is CCO[C@@H](c1ccc(O)c(OC)c1)[C@@H](C)O. The predicted molar refractivity (Wildman–Crippen MR) is 60.7 cm³/mol. The van der Waals surface area contributed by atoms with Gasteiger partial charge >= 0.3 is 0 Å². The van der Waals surface area contributed by atoms with E-state index in [0.29, 0.717) is 12.4 Å². The summed E-state index contributed by atoms with van der Waals surface area (Å²) in [6.45, 7) is 4.05. The van der Waals surface area contributed by atoms with Gasteiger partial charge in [-0.05, 0) is 31.5 Å². The van der Waals surface area contributed by atoms with Crippen molar-refractivity contribution in [3.63, 3.8) is 0 Å². The highest BCUT2D eigenvalue weighted by atomic mass is 16.5. The van der Waals surface area contributed by atoms with E-state index in [4.69, 9.17) is 9.47 Å². The first-order chi connectivity index (χ1) is 7.60. The van der Waals surface area contributed by atoms with Gasteiger partial charge in [0.25, 0.3) is 0 Å². The molecule has 0 aromatic heterocycles. The highest BCUT2D eigenvalue weighted by molar-refractivity contribution is 5.42. The van der Waals surface area contributed by atoms with Gasteiger partial charge in [-0.25, -0.2) is 0 Å². The minimum Gasteiger partial charge on any atom is -0.504 e. The Morgan fingerprint density at radius 2 is 2.06 bits per heavy atom. The molecule has 0 aliphatic carbocycles. The molecule has 90 valence electrons. The van der Waals surface area contributed by atoms with Crippen LogP contribution in [-0.4, -0.2) is 30.0 Å². The highest BCUT2D eigenvalue weighted by Gasteiger charge is 2.18. The lowest BCUT2D eigenvalue weighted by atomic mass is 10.0. The van der Waals surface area contributed by atoms with Gasteiger partial charge < -0.3 is 19.7 Å². The van der Waals surface area contributed by atoms with E-state index < -0.39 is 12.2 Å². The fourth-order valence-corrected chi connectivity index (χ4v) is 1.56. The predicted octanol–water partition coefficient (Wildman–Crippen LogP) is 1.86. The molecule has 0 saturated carbocycles. The number of ether oxygens (including phenoxy) is 2. The second kappa shape index (κ2) is 5.72. The van der Waals surface area contributed by atoms with Crippen LogP contribution in [0.1, 0.15) is 25.5 Å². The lowest BCUT2D eigenvalue weighted by Gasteiger charge is -2.21. The average Bonchev–Trinajstić information content (AvgIpc) is 2.26. The zero-order valence-corrected chi connectivity index (χ0v) is 9.80. The molecule has 0 aliphatic heterocycles. The molecule has 0 heterocycles. The Labute approximate surface area is 95.4 Å². The lowest BCUT2D eigenvalue weighted by molar-refractivity contribution is -0.0260. The third kappa shape index (κ3) is 2.87. The summed E-state index contributed by atoms with van der Waals surface area (Å²) in [5, 5.41) is 19.1. The van der Waals surface area contributed by atoms with Crippen molar-refractivity contribution in [2.24, 2.45) is 0 Å². The Hall–Kier alpha value is -1.26. The molecule has 0 radical (unpaired) electrons. The van der Waals surface area contributed by atoms with Crippen LogP contribution < -0.4 is 4.74 Å². The molecule has 0 aliphatic rings. The van der Waals surface area contributed by atoms with Gasteiger partial charge in [0.05, 0.1) is 13.2 Å². The lowest BCUT2D eigenvalue weighted by Crippen LogP contribution is -2.18. The minimum atomic E-state index is -0.616. The maximum absolute atomic E-state index is 9.60. The molecule has 0 amide bonds. The molecule has 2 N–H and O–H groups in total. The molecular weight excluding hydrogens is 208 g/mol. The monoisotopic (exact) mass is 226 g/mol. The van der Waals surface area contributed by atoms with Crippen LogP contribution in [0, 0.1) is 0 Å². The van der Waals surface area contributed by atoms with Gasteiger partial charge in [-0.2, -0.15) is 0 Å². The number of hydrogen-bond donors (Lipinski definition) is 2. The van der Waals surface area contributed by atoms with Crippen LogP contribution in [0.2, 0.25) is 0 Å². The van der Waals surface area contributed by atoms with Crippen LogP contribution in [0.25, 0.3) is 0 Å². The van der Waals surface area contributed by atoms with Gasteiger partial charge in [-0.3, -0.25) is 0 Å². The number of aliphatic hydroxyl groups is 1. The maximum atomic E-state index is 9.60. The summed E-state index contributed by atoms with van der Waals surface area (Å²) in [7, 11) is 1.48. The van der Waals surface area contributed by atoms with Crippen molar-refractivity contribution in [1.82, 2.24) is 0 Å². The average molecular weight is 226 g/mol. The van der Waals surface area contributed by atoms with Gasteiger partial charge in [0.1, 0.15) is 6.10 Å². The van der Waals surface area contributed by atoms with Crippen LogP contribution in [0.5, 0.6) is 11.5 Å². The van der Waals surface area contributed by atoms with Crippen LogP contribution >= 0.6 is 0 Å². The fourth-order valence-electron chi connectivity index (χ4n) is 1.56. The first kappa shape index (κ1) is 12.8. The normalized spacial score (nSPS) is 14.5. The maximum Gasteiger partial charge on any atom is 0.160 e. The first-order valence-electron chi connectivity index (χ1n) is 5.26. The third-order valence-electron chi connectivity index (χ3n) is 2.32. The van der Waals surface area contributed by atoms with E-state index in [1.165, 1.54) is 13.2 Å². The van der Waals surface area contributed by atoms with E-state index in [1.54, 1.807) is 19.1 Å². The van der Waals surface area contributed by atoms with Crippen molar-refractivity contribution in [1.29, 1.82) is 0 Å². The summed E-state index contributed by atoms with van der Waals surface area (Å²) in [6, 6.07) is 4.91. The zero-order valence-electron chi connectivity index (χ0n) is 9.80. The standard InChI is InChI=1S/C12H18O4/c1-4-16-12(8(2)13)9-5-6-10(14)11(7-9)15-3/h5-8,12-14H,4H2,1-3H3/t8-,12-/m1/s1. The Kier molecular flexibility index (Phi) is 4.58. The van der Waals surface area contributed by atoms with E-state index in [0.717, 1.165) is 5.56 Å². The number of aromatic hydroxyl groups is 1. The van der Waals surface area contributed by atoms with Crippen molar-refractivity contribution >= 4 is 0 Å². The first-order valence-corrected chi connectivity index (χ1v) is 5.26. The van der Waals surface area contributed by atoms with E-state index in [2.05, 4.69) is 0 Å². The Morgan fingerprint density at radius 1 is 1.38 bits per heavy atom. The summed E-state index contributed by atoms with van der Waals surface area (Å²) < 4.78 is 10.4. The Balaban J connectivity index is 3.00. The highest BCUT2D eigenvalue weighted by Crippen LogP contribution is 2.31. The minimum absolute atomic E-state index is 0.0760. The third-order valence-corrected chi connectivity index (χ3v) is 2.32. The molecule has 1 aromatic carbocycles. The van der Waals surface area contributed by atoms with Crippen LogP contribution in [0.3, 0.4) is 0 Å². The molecule has 0 fully saturated rings. The summed E-state index contributed by atoms with van der Waals surface area (Å²) in [6.07, 6.45) is -1.02.